The Morgan fingerprint density at radius 2 is 1.63 bits per heavy atom. The number of hydrogen-bond donors (Lipinski definition) is 2. The second-order valence-corrected chi connectivity index (χ2v) is 6.18. The first kappa shape index (κ1) is 16.7. The molecule has 0 aromatic heterocycles. The highest BCUT2D eigenvalue weighted by Gasteiger charge is 2.35. The highest BCUT2D eigenvalue weighted by molar-refractivity contribution is 6.24. The van der Waals surface area contributed by atoms with Crippen LogP contribution in [-0.4, -0.2) is 18.0 Å². The normalized spacial score (nSPS) is 15.8. The Hall–Kier alpha value is -3.73. The minimum atomic E-state index is -0.476. The van der Waals surface area contributed by atoms with Gasteiger partial charge in [-0.3, -0.25) is 14.6 Å². The van der Waals surface area contributed by atoms with Crippen molar-refractivity contribution in [2.24, 2.45) is 4.99 Å². The summed E-state index contributed by atoms with van der Waals surface area (Å²) in [6.07, 6.45) is 0.632. The van der Waals surface area contributed by atoms with Gasteiger partial charge in [0.2, 0.25) is 12.3 Å². The van der Waals surface area contributed by atoms with Gasteiger partial charge in [-0.2, -0.15) is 0 Å². The fraction of sp³-hybridized carbons (Fsp3) is 0.0455. The number of fused-ring (bicyclic) bond motifs is 1. The molecule has 2 N–H and O–H groups in total. The molecule has 3 aromatic rings. The van der Waals surface area contributed by atoms with Gasteiger partial charge in [0.15, 0.2) is 0 Å². The number of carbonyl (C=O) groups is 2. The molecule has 1 aliphatic heterocycles. The summed E-state index contributed by atoms with van der Waals surface area (Å²) in [4.78, 5) is 28.1. The van der Waals surface area contributed by atoms with Crippen molar-refractivity contribution < 1.29 is 9.59 Å². The minimum absolute atomic E-state index is 0.0851. The van der Waals surface area contributed by atoms with Crippen molar-refractivity contribution in [3.05, 3.63) is 90.0 Å². The molecule has 0 saturated heterocycles. The van der Waals surface area contributed by atoms with E-state index in [1.54, 1.807) is 12.1 Å². The summed E-state index contributed by atoms with van der Waals surface area (Å²) in [6, 6.07) is 24.6. The number of aliphatic imine (C=N–C) groups is 1. The first-order valence-corrected chi connectivity index (χ1v) is 8.60. The summed E-state index contributed by atoms with van der Waals surface area (Å²) >= 11 is 0. The van der Waals surface area contributed by atoms with Crippen molar-refractivity contribution in [1.82, 2.24) is 0 Å². The van der Waals surface area contributed by atoms with E-state index in [2.05, 4.69) is 10.6 Å². The van der Waals surface area contributed by atoms with E-state index in [0.29, 0.717) is 23.5 Å². The number of nitrogens with zero attached hydrogens (tertiary/aromatic N) is 1. The van der Waals surface area contributed by atoms with Gasteiger partial charge in [0.1, 0.15) is 5.92 Å². The molecule has 0 bridgehead atoms. The Balaban J connectivity index is 1.81. The third-order valence-electron chi connectivity index (χ3n) is 4.48. The van der Waals surface area contributed by atoms with E-state index < -0.39 is 5.92 Å². The van der Waals surface area contributed by atoms with E-state index in [1.165, 1.54) is 0 Å². The average Bonchev–Trinajstić information content (AvgIpc) is 3.04. The van der Waals surface area contributed by atoms with Crippen molar-refractivity contribution >= 4 is 35.1 Å². The quantitative estimate of drug-likeness (QED) is 0.534. The van der Waals surface area contributed by atoms with Crippen molar-refractivity contribution in [3.8, 4) is 0 Å². The van der Waals surface area contributed by atoms with Crippen molar-refractivity contribution in [2.45, 2.75) is 5.92 Å². The topological polar surface area (TPSA) is 70.6 Å². The fourth-order valence-corrected chi connectivity index (χ4v) is 3.22. The molecule has 0 spiro atoms. The van der Waals surface area contributed by atoms with E-state index in [-0.39, 0.29) is 5.91 Å². The Kier molecular flexibility index (Phi) is 4.49. The lowest BCUT2D eigenvalue weighted by atomic mass is 9.90. The standard InChI is InChI=1S/C22H17N3O2/c26-14-23-16-10-12-17(13-11-16)24-21(15-6-2-1-3-7-15)20-18-8-4-5-9-19(18)25-22(20)27/h1-14,20H,(H,23,26)(H,25,27). The monoisotopic (exact) mass is 355 g/mol. The van der Waals surface area contributed by atoms with Crippen molar-refractivity contribution in [2.75, 3.05) is 10.6 Å². The van der Waals surface area contributed by atoms with Crippen LogP contribution in [0.3, 0.4) is 0 Å². The second kappa shape index (κ2) is 7.25. The van der Waals surface area contributed by atoms with Gasteiger partial charge in [0.05, 0.1) is 11.4 Å². The van der Waals surface area contributed by atoms with E-state index in [9.17, 15) is 9.59 Å². The van der Waals surface area contributed by atoms with Gasteiger partial charge >= 0.3 is 0 Å². The number of nitrogens with one attached hydrogen (secondary N) is 2. The molecule has 5 nitrogen and oxygen atoms in total. The van der Waals surface area contributed by atoms with Crippen molar-refractivity contribution in [1.29, 1.82) is 0 Å². The van der Waals surface area contributed by atoms with Gasteiger partial charge in [-0.05, 0) is 41.5 Å². The maximum Gasteiger partial charge on any atom is 0.238 e. The second-order valence-electron chi connectivity index (χ2n) is 6.18. The molecule has 132 valence electrons. The van der Waals surface area contributed by atoms with Gasteiger partial charge in [-0.25, -0.2) is 0 Å². The van der Waals surface area contributed by atoms with Gasteiger partial charge in [0, 0.05) is 11.4 Å². The van der Waals surface area contributed by atoms with E-state index in [0.717, 1.165) is 16.8 Å². The molecule has 4 rings (SSSR count). The molecule has 1 atom stereocenters. The highest BCUT2D eigenvalue weighted by Crippen LogP contribution is 2.36. The highest BCUT2D eigenvalue weighted by atomic mass is 16.2. The van der Waals surface area contributed by atoms with Gasteiger partial charge in [0.25, 0.3) is 0 Å². The lowest BCUT2D eigenvalue weighted by Gasteiger charge is -2.14. The summed E-state index contributed by atoms with van der Waals surface area (Å²) in [6.45, 7) is 0. The SMILES string of the molecule is O=CNc1ccc(N=C(c2ccccc2)C2C(=O)Nc3ccccc32)cc1. The fourth-order valence-electron chi connectivity index (χ4n) is 3.22. The zero-order chi connectivity index (χ0) is 18.6. The third kappa shape index (κ3) is 3.35. The number of para-hydroxylation sites is 1. The van der Waals surface area contributed by atoms with Crippen LogP contribution < -0.4 is 10.6 Å². The Bertz CT molecular complexity index is 1010. The zero-order valence-electron chi connectivity index (χ0n) is 14.4. The molecule has 0 radical (unpaired) electrons. The largest absolute Gasteiger partial charge is 0.329 e. The first-order valence-electron chi connectivity index (χ1n) is 8.60. The summed E-state index contributed by atoms with van der Waals surface area (Å²) < 4.78 is 0. The van der Waals surface area contributed by atoms with Crippen molar-refractivity contribution in [3.63, 3.8) is 0 Å². The summed E-state index contributed by atoms with van der Waals surface area (Å²) in [5.74, 6) is -0.561. The molecule has 2 amide bonds. The van der Waals surface area contributed by atoms with Crippen LogP contribution in [0.15, 0.2) is 83.9 Å². The smallest absolute Gasteiger partial charge is 0.238 e. The van der Waals surface area contributed by atoms with Crippen LogP contribution in [0.5, 0.6) is 0 Å². The average molecular weight is 355 g/mol. The van der Waals surface area contributed by atoms with Gasteiger partial charge in [-0.15, -0.1) is 0 Å². The van der Waals surface area contributed by atoms with Crippen LogP contribution in [0, 0.1) is 0 Å². The first-order chi connectivity index (χ1) is 13.3. The van der Waals surface area contributed by atoms with Crippen LogP contribution in [0.4, 0.5) is 17.1 Å². The zero-order valence-corrected chi connectivity index (χ0v) is 14.4. The molecule has 27 heavy (non-hydrogen) atoms. The predicted octanol–water partition coefficient (Wildman–Crippen LogP) is 4.11. The summed E-state index contributed by atoms with van der Waals surface area (Å²) in [7, 11) is 0. The van der Waals surface area contributed by atoms with Crippen LogP contribution in [0.1, 0.15) is 17.0 Å². The van der Waals surface area contributed by atoms with Crippen LogP contribution >= 0.6 is 0 Å². The van der Waals surface area contributed by atoms with E-state index >= 15 is 0 Å². The maximum atomic E-state index is 12.7. The molecule has 0 aliphatic carbocycles. The van der Waals surface area contributed by atoms with Gasteiger partial charge in [-0.1, -0.05) is 48.5 Å². The molecule has 1 aliphatic rings. The van der Waals surface area contributed by atoms with Crippen LogP contribution in [-0.2, 0) is 9.59 Å². The summed E-state index contributed by atoms with van der Waals surface area (Å²) in [5, 5.41) is 5.54. The number of amides is 2. The third-order valence-corrected chi connectivity index (χ3v) is 4.48. The molecule has 1 heterocycles. The van der Waals surface area contributed by atoms with Gasteiger partial charge < -0.3 is 10.6 Å². The molecular formula is C22H17N3O2. The number of rotatable bonds is 5. The minimum Gasteiger partial charge on any atom is -0.329 e. The summed E-state index contributed by atoms with van der Waals surface area (Å²) in [5.41, 5.74) is 4.72. The number of carbonyl (C=O) groups excluding carboxylic acids is 2. The molecule has 5 heteroatoms. The molecule has 0 fully saturated rings. The number of hydrogen-bond acceptors (Lipinski definition) is 3. The maximum absolute atomic E-state index is 12.7. The Morgan fingerprint density at radius 3 is 2.37 bits per heavy atom. The predicted molar refractivity (Wildman–Crippen MR) is 107 cm³/mol. The van der Waals surface area contributed by atoms with Crippen LogP contribution in [0.2, 0.25) is 0 Å². The molecular weight excluding hydrogens is 338 g/mol. The Morgan fingerprint density at radius 1 is 0.926 bits per heavy atom. The molecule has 1 unspecified atom stereocenters. The van der Waals surface area contributed by atoms with E-state index in [4.69, 9.17) is 4.99 Å². The molecule has 3 aromatic carbocycles. The molecule has 0 saturated carbocycles. The lowest BCUT2D eigenvalue weighted by molar-refractivity contribution is -0.115. The number of benzene rings is 3. The lowest BCUT2D eigenvalue weighted by Crippen LogP contribution is -2.21. The Labute approximate surface area is 156 Å². The number of anilines is 2. The van der Waals surface area contributed by atoms with E-state index in [1.807, 2.05) is 66.7 Å². The van der Waals surface area contributed by atoms with Crippen LogP contribution in [0.25, 0.3) is 0 Å².